The molecule has 0 saturated carbocycles. The lowest BCUT2D eigenvalue weighted by Crippen LogP contribution is -2.26. The Morgan fingerprint density at radius 3 is 2.79 bits per heavy atom. The summed E-state index contributed by atoms with van der Waals surface area (Å²) >= 11 is 0. The number of rotatable bonds is 7. The molecule has 14 heavy (non-hydrogen) atoms. The summed E-state index contributed by atoms with van der Waals surface area (Å²) in [7, 11) is 0. The molecule has 4 heteroatoms. The van der Waals surface area contributed by atoms with E-state index >= 15 is 0 Å². The number of hydrogen-bond acceptors (Lipinski definition) is 3. The Labute approximate surface area is 85.7 Å². The minimum atomic E-state index is 0.453. The number of hydrogen-bond donors (Lipinski definition) is 1. The molecule has 0 aliphatic heterocycles. The maximum atomic E-state index is 4.18. The third-order valence-electron chi connectivity index (χ3n) is 2.24. The van der Waals surface area contributed by atoms with Crippen LogP contribution in [0, 0.1) is 0 Å². The predicted molar refractivity (Wildman–Crippen MR) is 57.1 cm³/mol. The van der Waals surface area contributed by atoms with E-state index in [1.807, 2.05) is 4.68 Å². The summed E-state index contributed by atoms with van der Waals surface area (Å²) in [6.07, 6.45) is 6.91. The van der Waals surface area contributed by atoms with Crippen LogP contribution < -0.4 is 5.32 Å². The molecule has 1 aromatic rings. The van der Waals surface area contributed by atoms with Gasteiger partial charge in [-0.1, -0.05) is 20.3 Å². The molecule has 80 valence electrons. The summed E-state index contributed by atoms with van der Waals surface area (Å²) in [6.45, 7) is 6.45. The van der Waals surface area contributed by atoms with Crippen molar-refractivity contribution in [2.75, 3.05) is 13.1 Å². The lowest BCUT2D eigenvalue weighted by molar-refractivity contribution is 0.395. The maximum absolute atomic E-state index is 4.18. The molecule has 1 unspecified atom stereocenters. The van der Waals surface area contributed by atoms with Crippen molar-refractivity contribution in [1.82, 2.24) is 20.1 Å². The Hall–Kier alpha value is -0.900. The fourth-order valence-corrected chi connectivity index (χ4v) is 1.51. The Bertz CT molecular complexity index is 220. The Kier molecular flexibility index (Phi) is 5.22. The molecule has 0 aromatic carbocycles. The normalized spacial score (nSPS) is 13.0. The fourth-order valence-electron chi connectivity index (χ4n) is 1.51. The molecule has 4 nitrogen and oxygen atoms in total. The first-order valence-electron chi connectivity index (χ1n) is 5.43. The zero-order chi connectivity index (χ0) is 10.2. The smallest absolute Gasteiger partial charge is 0.137 e. The predicted octanol–water partition coefficient (Wildman–Crippen LogP) is 1.62. The standard InChI is InChI=1S/C10H20N4/c1-3-5-10(7-11-6-4-2)14-9-12-8-13-14/h8-11H,3-7H2,1-2H3. The van der Waals surface area contributed by atoms with E-state index in [1.165, 1.54) is 12.8 Å². The van der Waals surface area contributed by atoms with Crippen LogP contribution in [0.15, 0.2) is 12.7 Å². The van der Waals surface area contributed by atoms with Crippen molar-refractivity contribution in [3.63, 3.8) is 0 Å². The minimum absolute atomic E-state index is 0.453. The Morgan fingerprint density at radius 1 is 1.36 bits per heavy atom. The molecule has 1 rings (SSSR count). The van der Waals surface area contributed by atoms with Crippen molar-refractivity contribution in [2.24, 2.45) is 0 Å². The summed E-state index contributed by atoms with van der Waals surface area (Å²) in [5.74, 6) is 0. The summed E-state index contributed by atoms with van der Waals surface area (Å²) < 4.78 is 1.95. The summed E-state index contributed by atoms with van der Waals surface area (Å²) in [5.41, 5.74) is 0. The van der Waals surface area contributed by atoms with E-state index in [0.717, 1.165) is 19.5 Å². The van der Waals surface area contributed by atoms with Gasteiger partial charge in [-0.2, -0.15) is 5.10 Å². The topological polar surface area (TPSA) is 42.7 Å². The SMILES string of the molecule is CCCNCC(CCC)n1cncn1. The first kappa shape index (κ1) is 11.2. The lowest BCUT2D eigenvalue weighted by atomic mass is 10.1. The number of nitrogens with one attached hydrogen (secondary N) is 1. The van der Waals surface area contributed by atoms with Gasteiger partial charge in [-0.15, -0.1) is 0 Å². The largest absolute Gasteiger partial charge is 0.315 e. The zero-order valence-electron chi connectivity index (χ0n) is 9.11. The minimum Gasteiger partial charge on any atom is -0.315 e. The number of nitrogens with zero attached hydrogens (tertiary/aromatic N) is 3. The van der Waals surface area contributed by atoms with Crippen LogP contribution >= 0.6 is 0 Å². The van der Waals surface area contributed by atoms with Crippen molar-refractivity contribution in [3.8, 4) is 0 Å². The fraction of sp³-hybridized carbons (Fsp3) is 0.800. The van der Waals surface area contributed by atoms with Gasteiger partial charge >= 0.3 is 0 Å². The van der Waals surface area contributed by atoms with Crippen LogP contribution in [0.3, 0.4) is 0 Å². The van der Waals surface area contributed by atoms with Crippen LogP contribution in [0.2, 0.25) is 0 Å². The highest BCUT2D eigenvalue weighted by atomic mass is 15.3. The van der Waals surface area contributed by atoms with Gasteiger partial charge in [0.15, 0.2) is 0 Å². The molecular formula is C10H20N4. The first-order valence-corrected chi connectivity index (χ1v) is 5.43. The van der Waals surface area contributed by atoms with Crippen molar-refractivity contribution >= 4 is 0 Å². The Morgan fingerprint density at radius 2 is 2.21 bits per heavy atom. The van der Waals surface area contributed by atoms with Crippen LogP contribution in [0.5, 0.6) is 0 Å². The highest BCUT2D eigenvalue weighted by Crippen LogP contribution is 2.10. The quantitative estimate of drug-likeness (QED) is 0.674. The zero-order valence-corrected chi connectivity index (χ0v) is 9.11. The second-order valence-electron chi connectivity index (χ2n) is 3.52. The molecule has 0 aliphatic rings. The number of aromatic nitrogens is 3. The molecule has 1 atom stereocenters. The van der Waals surface area contributed by atoms with Crippen LogP contribution in [-0.2, 0) is 0 Å². The summed E-state index contributed by atoms with van der Waals surface area (Å²) in [5, 5.41) is 7.60. The van der Waals surface area contributed by atoms with Gasteiger partial charge in [0.2, 0.25) is 0 Å². The van der Waals surface area contributed by atoms with E-state index in [1.54, 1.807) is 12.7 Å². The van der Waals surface area contributed by atoms with Gasteiger partial charge < -0.3 is 5.32 Å². The third kappa shape index (κ3) is 3.46. The summed E-state index contributed by atoms with van der Waals surface area (Å²) in [6, 6.07) is 0.453. The van der Waals surface area contributed by atoms with Gasteiger partial charge in [0, 0.05) is 6.54 Å². The third-order valence-corrected chi connectivity index (χ3v) is 2.24. The van der Waals surface area contributed by atoms with Crippen molar-refractivity contribution in [2.45, 2.75) is 39.2 Å². The second kappa shape index (κ2) is 6.54. The first-order chi connectivity index (χ1) is 6.88. The molecule has 0 fully saturated rings. The van der Waals surface area contributed by atoms with Crippen LogP contribution in [0.25, 0.3) is 0 Å². The molecule has 0 amide bonds. The van der Waals surface area contributed by atoms with E-state index in [-0.39, 0.29) is 0 Å². The molecule has 1 aromatic heterocycles. The van der Waals surface area contributed by atoms with E-state index < -0.39 is 0 Å². The van der Waals surface area contributed by atoms with Crippen molar-refractivity contribution < 1.29 is 0 Å². The molecule has 1 heterocycles. The molecule has 0 bridgehead atoms. The average Bonchev–Trinajstić information content (AvgIpc) is 2.70. The van der Waals surface area contributed by atoms with Gasteiger partial charge in [-0.3, -0.25) is 0 Å². The Balaban J connectivity index is 2.39. The molecule has 0 aliphatic carbocycles. The van der Waals surface area contributed by atoms with Crippen LogP contribution in [0.1, 0.15) is 39.2 Å². The molecule has 0 spiro atoms. The molecule has 0 radical (unpaired) electrons. The van der Waals surface area contributed by atoms with Gasteiger partial charge in [0.25, 0.3) is 0 Å². The molecular weight excluding hydrogens is 176 g/mol. The van der Waals surface area contributed by atoms with E-state index in [9.17, 15) is 0 Å². The van der Waals surface area contributed by atoms with E-state index in [4.69, 9.17) is 0 Å². The molecule has 0 saturated heterocycles. The molecule has 1 N–H and O–H groups in total. The maximum Gasteiger partial charge on any atom is 0.137 e. The average molecular weight is 196 g/mol. The van der Waals surface area contributed by atoms with Gasteiger partial charge in [-0.25, -0.2) is 9.67 Å². The van der Waals surface area contributed by atoms with Crippen LogP contribution in [0.4, 0.5) is 0 Å². The van der Waals surface area contributed by atoms with Crippen molar-refractivity contribution in [1.29, 1.82) is 0 Å². The highest BCUT2D eigenvalue weighted by molar-refractivity contribution is 4.70. The summed E-state index contributed by atoms with van der Waals surface area (Å²) in [4.78, 5) is 3.98. The monoisotopic (exact) mass is 196 g/mol. The van der Waals surface area contributed by atoms with Crippen LogP contribution in [-0.4, -0.2) is 27.9 Å². The van der Waals surface area contributed by atoms with E-state index in [2.05, 4.69) is 29.2 Å². The van der Waals surface area contributed by atoms with Crippen molar-refractivity contribution in [3.05, 3.63) is 12.7 Å². The van der Waals surface area contributed by atoms with Gasteiger partial charge in [-0.05, 0) is 19.4 Å². The lowest BCUT2D eigenvalue weighted by Gasteiger charge is -2.16. The second-order valence-corrected chi connectivity index (χ2v) is 3.52. The van der Waals surface area contributed by atoms with Gasteiger partial charge in [0.1, 0.15) is 12.7 Å². The van der Waals surface area contributed by atoms with E-state index in [0.29, 0.717) is 6.04 Å². The highest BCUT2D eigenvalue weighted by Gasteiger charge is 2.09. The van der Waals surface area contributed by atoms with Gasteiger partial charge in [0.05, 0.1) is 6.04 Å².